The van der Waals surface area contributed by atoms with Gasteiger partial charge in [-0.1, -0.05) is 38.8 Å². The number of morpholine rings is 1. The van der Waals surface area contributed by atoms with Crippen molar-refractivity contribution in [3.8, 4) is 0 Å². The predicted molar refractivity (Wildman–Crippen MR) is 129 cm³/mol. The SMILES string of the molecule is CC(C)C1=C[C@H]2C[C@]3(C4OCCO4)[C@@H]4CC[C@@H](C)[C@H]4C[C@@]2(CO[C@H]2CN(C)C[C@@H](C)O2)[C@]13C(=O)O. The molecule has 0 radical (unpaired) electrons. The smallest absolute Gasteiger partial charge is 0.315 e. The summed E-state index contributed by atoms with van der Waals surface area (Å²) in [6.07, 6.45) is 5.56. The first-order chi connectivity index (χ1) is 16.7. The predicted octanol–water partition coefficient (Wildman–Crippen LogP) is 3.78. The number of nitrogens with zero attached hydrogens (tertiary/aromatic N) is 1. The summed E-state index contributed by atoms with van der Waals surface area (Å²) in [5.41, 5.74) is -1.01. The maximum absolute atomic E-state index is 13.9. The van der Waals surface area contributed by atoms with Gasteiger partial charge in [-0.2, -0.15) is 0 Å². The molecule has 35 heavy (non-hydrogen) atoms. The van der Waals surface area contributed by atoms with E-state index in [4.69, 9.17) is 18.9 Å². The number of rotatable bonds is 6. The first kappa shape index (κ1) is 24.4. The molecule has 9 atom stereocenters. The van der Waals surface area contributed by atoms with Crippen molar-refractivity contribution < 1.29 is 28.8 Å². The van der Waals surface area contributed by atoms with Crippen LogP contribution < -0.4 is 0 Å². The van der Waals surface area contributed by atoms with Gasteiger partial charge in [0, 0.05) is 23.9 Å². The summed E-state index contributed by atoms with van der Waals surface area (Å²) in [4.78, 5) is 16.1. The van der Waals surface area contributed by atoms with Gasteiger partial charge in [0.15, 0.2) is 12.6 Å². The van der Waals surface area contributed by atoms with E-state index < -0.39 is 28.5 Å². The van der Waals surface area contributed by atoms with Crippen LogP contribution in [0.5, 0.6) is 0 Å². The molecule has 0 aromatic rings. The molecule has 7 heteroatoms. The minimum Gasteiger partial charge on any atom is -0.481 e. The lowest BCUT2D eigenvalue weighted by Crippen LogP contribution is -2.66. The minimum atomic E-state index is -1.04. The third-order valence-corrected chi connectivity index (χ3v) is 10.9. The summed E-state index contributed by atoms with van der Waals surface area (Å²) in [5.74, 6) is 0.938. The van der Waals surface area contributed by atoms with Gasteiger partial charge in [-0.15, -0.1) is 0 Å². The molecule has 6 aliphatic rings. The van der Waals surface area contributed by atoms with Gasteiger partial charge in [0.05, 0.1) is 25.9 Å². The molecule has 2 heterocycles. The summed E-state index contributed by atoms with van der Waals surface area (Å²) in [6.45, 7) is 11.8. The molecule has 0 aromatic heterocycles. The summed E-state index contributed by atoms with van der Waals surface area (Å²) in [7, 11) is 2.09. The molecule has 7 nitrogen and oxygen atoms in total. The number of ether oxygens (including phenoxy) is 4. The topological polar surface area (TPSA) is 77.5 Å². The summed E-state index contributed by atoms with van der Waals surface area (Å²) < 4.78 is 25.4. The highest BCUT2D eigenvalue weighted by atomic mass is 16.7. The first-order valence-electron chi connectivity index (χ1n) is 13.8. The quantitative estimate of drug-likeness (QED) is 0.569. The van der Waals surface area contributed by atoms with Crippen LogP contribution in [0.25, 0.3) is 0 Å². The van der Waals surface area contributed by atoms with Crippen molar-refractivity contribution in [3.63, 3.8) is 0 Å². The van der Waals surface area contributed by atoms with Gasteiger partial charge in [0.2, 0.25) is 0 Å². The van der Waals surface area contributed by atoms with Crippen LogP contribution in [0.4, 0.5) is 0 Å². The highest BCUT2D eigenvalue weighted by Gasteiger charge is 2.86. The third-order valence-electron chi connectivity index (χ3n) is 10.9. The van der Waals surface area contributed by atoms with Gasteiger partial charge in [0.1, 0.15) is 5.41 Å². The fourth-order valence-corrected chi connectivity index (χ4v) is 9.96. The van der Waals surface area contributed by atoms with Gasteiger partial charge in [0.25, 0.3) is 0 Å². The third kappa shape index (κ3) is 2.99. The van der Waals surface area contributed by atoms with Crippen molar-refractivity contribution in [1.29, 1.82) is 0 Å². The number of hydrogen-bond acceptors (Lipinski definition) is 6. The van der Waals surface area contributed by atoms with Crippen LogP contribution in [0, 0.1) is 45.8 Å². The van der Waals surface area contributed by atoms with Gasteiger partial charge in [-0.25, -0.2) is 0 Å². The van der Waals surface area contributed by atoms with Crippen LogP contribution in [-0.2, 0) is 23.7 Å². The highest BCUT2D eigenvalue weighted by Crippen LogP contribution is 2.84. The van der Waals surface area contributed by atoms with Crippen molar-refractivity contribution in [3.05, 3.63) is 11.6 Å². The maximum atomic E-state index is 13.9. The Balaban J connectivity index is 1.48. The van der Waals surface area contributed by atoms with Crippen molar-refractivity contribution in [2.24, 2.45) is 45.8 Å². The monoisotopic (exact) mass is 489 g/mol. The number of fused-ring (bicyclic) bond motifs is 2. The zero-order valence-corrected chi connectivity index (χ0v) is 22.0. The summed E-state index contributed by atoms with van der Waals surface area (Å²) in [5, 5.41) is 11.4. The number of allylic oxidation sites excluding steroid dienone is 1. The van der Waals surface area contributed by atoms with Gasteiger partial charge < -0.3 is 24.1 Å². The van der Waals surface area contributed by atoms with Crippen LogP contribution in [0.2, 0.25) is 0 Å². The second-order valence-electron chi connectivity index (χ2n) is 12.9. The van der Waals surface area contributed by atoms with Gasteiger partial charge in [-0.05, 0) is 62.8 Å². The van der Waals surface area contributed by atoms with Crippen molar-refractivity contribution >= 4 is 5.97 Å². The molecule has 0 aromatic carbocycles. The van der Waals surface area contributed by atoms with E-state index in [1.54, 1.807) is 0 Å². The van der Waals surface area contributed by atoms with Crippen LogP contribution in [0.1, 0.15) is 53.4 Å². The average Bonchev–Trinajstić information content (AvgIpc) is 3.54. The lowest BCUT2D eigenvalue weighted by atomic mass is 9.42. The molecule has 2 saturated heterocycles. The molecule has 0 amide bonds. The molecule has 196 valence electrons. The van der Waals surface area contributed by atoms with Gasteiger partial charge in [-0.3, -0.25) is 9.69 Å². The molecule has 1 N–H and O–H groups in total. The van der Waals surface area contributed by atoms with E-state index >= 15 is 0 Å². The van der Waals surface area contributed by atoms with Gasteiger partial charge >= 0.3 is 5.97 Å². The van der Waals surface area contributed by atoms with E-state index in [-0.39, 0.29) is 24.2 Å². The first-order valence-corrected chi connectivity index (χ1v) is 13.8. The van der Waals surface area contributed by atoms with Crippen molar-refractivity contribution in [2.45, 2.75) is 72.1 Å². The Morgan fingerprint density at radius 2 is 1.94 bits per heavy atom. The second kappa shape index (κ2) is 8.26. The molecule has 0 unspecified atom stereocenters. The molecule has 2 aliphatic heterocycles. The van der Waals surface area contributed by atoms with Crippen LogP contribution in [0.3, 0.4) is 0 Å². The molecular weight excluding hydrogens is 446 g/mol. The summed E-state index contributed by atoms with van der Waals surface area (Å²) >= 11 is 0. The maximum Gasteiger partial charge on any atom is 0.315 e. The summed E-state index contributed by atoms with van der Waals surface area (Å²) in [6, 6.07) is 0. The zero-order valence-electron chi connectivity index (χ0n) is 22.0. The Kier molecular flexibility index (Phi) is 5.74. The molecule has 4 aliphatic carbocycles. The number of carboxylic acid groups (broad SMARTS) is 1. The lowest BCUT2D eigenvalue weighted by molar-refractivity contribution is -0.261. The van der Waals surface area contributed by atoms with E-state index in [1.807, 2.05) is 0 Å². The lowest BCUT2D eigenvalue weighted by Gasteiger charge is -2.61. The molecule has 0 spiro atoms. The number of carbonyl (C=O) groups is 1. The fourth-order valence-electron chi connectivity index (χ4n) is 9.96. The molecule has 3 saturated carbocycles. The molecule has 5 fully saturated rings. The van der Waals surface area contributed by atoms with Crippen LogP contribution in [0.15, 0.2) is 11.6 Å². The van der Waals surface area contributed by atoms with Crippen molar-refractivity contribution in [1.82, 2.24) is 4.90 Å². The van der Waals surface area contributed by atoms with Crippen LogP contribution >= 0.6 is 0 Å². The second-order valence-corrected chi connectivity index (χ2v) is 12.9. The normalized spacial score (nSPS) is 49.6. The zero-order chi connectivity index (χ0) is 24.8. The number of aliphatic carboxylic acids is 1. The number of hydrogen-bond donors (Lipinski definition) is 1. The molecule has 6 rings (SSSR count). The fraction of sp³-hybridized carbons (Fsp3) is 0.893. The van der Waals surface area contributed by atoms with E-state index in [0.717, 1.165) is 37.8 Å². The van der Waals surface area contributed by atoms with Crippen molar-refractivity contribution in [2.75, 3.05) is 40.0 Å². The Hall–Kier alpha value is -0.990. The molecule has 4 bridgehead atoms. The van der Waals surface area contributed by atoms with E-state index in [9.17, 15) is 9.90 Å². The standard InChI is InChI=1S/C28H43NO6/c1-16(2)22-10-19-11-27(25-32-8-9-33-25)21-7-6-17(3)20(21)12-26(19,28(22,27)24(30)31)15-34-23-14-29(5)13-18(4)35-23/h10,16-21,23,25H,6-9,11-15H2,1-5H3,(H,30,31)/t17-,18-,19+,20-,21-,23-,26+,27-,28-/m1/s1. The number of likely N-dealkylation sites (N-methyl/N-ethyl adjacent to an activating group) is 1. The minimum absolute atomic E-state index is 0.0966. The molecular formula is C28H43NO6. The Morgan fingerprint density at radius 1 is 1.20 bits per heavy atom. The number of carboxylic acids is 1. The largest absolute Gasteiger partial charge is 0.481 e. The van der Waals surface area contributed by atoms with Crippen LogP contribution in [-0.4, -0.2) is 74.6 Å². The Bertz CT molecular complexity index is 890. The Morgan fingerprint density at radius 3 is 2.60 bits per heavy atom. The Labute approximate surface area is 209 Å². The highest BCUT2D eigenvalue weighted by molar-refractivity contribution is 5.85. The van der Waals surface area contributed by atoms with E-state index in [0.29, 0.717) is 44.1 Å². The average molecular weight is 490 g/mol. The van der Waals surface area contributed by atoms with E-state index in [1.165, 1.54) is 0 Å². The van der Waals surface area contributed by atoms with E-state index in [2.05, 4.69) is 45.7 Å².